The van der Waals surface area contributed by atoms with Crippen molar-refractivity contribution < 1.29 is 12.8 Å². The van der Waals surface area contributed by atoms with Crippen LogP contribution in [0.1, 0.15) is 6.92 Å². The molecule has 11 heteroatoms. The Morgan fingerprint density at radius 1 is 1.41 bits per heavy atom. The van der Waals surface area contributed by atoms with Crippen LogP contribution in [0.4, 0.5) is 0 Å². The molecule has 0 atom stereocenters. The molecule has 0 unspecified atom stereocenters. The SMILES string of the molecule is CCNCCNS(=O)(=O)c1c(Br)cc2[nH]c(=O)oc2c1Cl.Cl. The second-order valence-electron chi connectivity index (χ2n) is 4.14. The molecule has 0 saturated heterocycles. The molecule has 124 valence electrons. The van der Waals surface area contributed by atoms with Gasteiger partial charge in [0.05, 0.1) is 5.52 Å². The lowest BCUT2D eigenvalue weighted by Crippen LogP contribution is -2.32. The highest BCUT2D eigenvalue weighted by Crippen LogP contribution is 2.35. The van der Waals surface area contributed by atoms with E-state index in [-0.39, 0.29) is 38.9 Å². The van der Waals surface area contributed by atoms with Crippen molar-refractivity contribution in [2.45, 2.75) is 11.8 Å². The summed E-state index contributed by atoms with van der Waals surface area (Å²) in [7, 11) is -3.83. The molecular weight excluding hydrogens is 421 g/mol. The van der Waals surface area contributed by atoms with Crippen LogP contribution in [0.25, 0.3) is 11.1 Å². The number of aromatic amines is 1. The van der Waals surface area contributed by atoms with Crippen LogP contribution in [0.15, 0.2) is 24.6 Å². The molecule has 22 heavy (non-hydrogen) atoms. The van der Waals surface area contributed by atoms with Crippen LogP contribution in [-0.4, -0.2) is 33.0 Å². The van der Waals surface area contributed by atoms with Gasteiger partial charge in [0.2, 0.25) is 10.0 Å². The van der Waals surface area contributed by atoms with E-state index in [1.54, 1.807) is 0 Å². The van der Waals surface area contributed by atoms with E-state index in [9.17, 15) is 13.2 Å². The monoisotopic (exact) mass is 433 g/mol. The minimum Gasteiger partial charge on any atom is -0.406 e. The van der Waals surface area contributed by atoms with Crippen LogP contribution in [0, 0.1) is 0 Å². The average molecular weight is 435 g/mol. The summed E-state index contributed by atoms with van der Waals surface area (Å²) in [5.74, 6) is -0.701. The molecule has 7 nitrogen and oxygen atoms in total. The number of benzene rings is 1. The van der Waals surface area contributed by atoms with Gasteiger partial charge in [-0.25, -0.2) is 17.9 Å². The maximum Gasteiger partial charge on any atom is 0.417 e. The Kier molecular flexibility index (Phi) is 6.90. The normalized spacial score (nSPS) is 11.6. The Morgan fingerprint density at radius 3 is 2.73 bits per heavy atom. The second kappa shape index (κ2) is 7.80. The fraction of sp³-hybridized carbons (Fsp3) is 0.364. The second-order valence-corrected chi connectivity index (χ2v) is 7.08. The third-order valence-electron chi connectivity index (χ3n) is 2.68. The third kappa shape index (κ3) is 4.03. The van der Waals surface area contributed by atoms with E-state index in [0.29, 0.717) is 12.1 Å². The summed E-state index contributed by atoms with van der Waals surface area (Å²) in [5, 5.41) is 2.85. The highest BCUT2D eigenvalue weighted by Gasteiger charge is 2.25. The van der Waals surface area contributed by atoms with Crippen molar-refractivity contribution in [2.75, 3.05) is 19.6 Å². The Hall–Kier alpha value is -0.580. The van der Waals surface area contributed by atoms with Gasteiger partial charge in [-0.1, -0.05) is 18.5 Å². The summed E-state index contributed by atoms with van der Waals surface area (Å²) in [6.45, 7) is 3.37. The molecule has 1 heterocycles. The lowest BCUT2D eigenvalue weighted by Gasteiger charge is -2.10. The minimum absolute atomic E-state index is 0. The molecule has 0 aliphatic rings. The van der Waals surface area contributed by atoms with Gasteiger partial charge in [-0.15, -0.1) is 12.4 Å². The Balaban J connectivity index is 0.00000242. The number of oxazole rings is 1. The fourth-order valence-corrected chi connectivity index (χ4v) is 4.66. The Labute approximate surface area is 146 Å². The molecule has 0 amide bonds. The Bertz CT molecular complexity index is 819. The lowest BCUT2D eigenvalue weighted by atomic mass is 10.3. The van der Waals surface area contributed by atoms with Crippen LogP contribution in [-0.2, 0) is 10.0 Å². The maximum absolute atomic E-state index is 12.3. The molecule has 1 aromatic heterocycles. The highest BCUT2D eigenvalue weighted by atomic mass is 79.9. The zero-order chi connectivity index (χ0) is 15.6. The quantitative estimate of drug-likeness (QED) is 0.601. The van der Waals surface area contributed by atoms with Crippen LogP contribution in [0.5, 0.6) is 0 Å². The summed E-state index contributed by atoms with van der Waals surface area (Å²) < 4.78 is 32.1. The van der Waals surface area contributed by atoms with Crippen molar-refractivity contribution in [3.63, 3.8) is 0 Å². The molecule has 3 N–H and O–H groups in total. The first kappa shape index (κ1) is 19.5. The third-order valence-corrected chi connectivity index (χ3v) is 5.58. The number of hydrogen-bond donors (Lipinski definition) is 3. The summed E-state index contributed by atoms with van der Waals surface area (Å²) in [6, 6.07) is 1.44. The Morgan fingerprint density at radius 2 is 2.09 bits per heavy atom. The van der Waals surface area contributed by atoms with E-state index in [4.69, 9.17) is 16.0 Å². The average Bonchev–Trinajstić information content (AvgIpc) is 2.75. The van der Waals surface area contributed by atoms with E-state index in [0.717, 1.165) is 6.54 Å². The minimum atomic E-state index is -3.83. The summed E-state index contributed by atoms with van der Waals surface area (Å²) >= 11 is 9.22. The van der Waals surface area contributed by atoms with Crippen molar-refractivity contribution in [2.24, 2.45) is 0 Å². The van der Waals surface area contributed by atoms with Gasteiger partial charge in [0.15, 0.2) is 5.58 Å². The van der Waals surface area contributed by atoms with Crippen molar-refractivity contribution in [1.29, 1.82) is 0 Å². The van der Waals surface area contributed by atoms with E-state index in [1.165, 1.54) is 6.07 Å². The number of aromatic nitrogens is 1. The number of halogens is 3. The molecule has 1 aromatic carbocycles. The predicted octanol–water partition coefficient (Wildman–Crippen LogP) is 1.85. The van der Waals surface area contributed by atoms with Gasteiger partial charge >= 0.3 is 5.76 Å². The molecule has 0 saturated carbocycles. The first-order valence-corrected chi connectivity index (χ1v) is 8.73. The molecule has 0 bridgehead atoms. The number of sulfonamides is 1. The molecule has 0 fully saturated rings. The molecule has 0 aliphatic carbocycles. The van der Waals surface area contributed by atoms with Crippen molar-refractivity contribution in [3.05, 3.63) is 26.1 Å². The first-order chi connectivity index (χ1) is 9.86. The standard InChI is InChI=1S/C11H13BrClN3O4S.ClH/c1-2-14-3-4-15-21(18,19)10-6(12)5-7-9(8(10)13)20-11(17)16-7;/h5,14-15H,2-4H2,1H3,(H,16,17);1H. The molecule has 2 rings (SSSR count). The van der Waals surface area contributed by atoms with Gasteiger partial charge in [0, 0.05) is 17.6 Å². The zero-order valence-electron chi connectivity index (χ0n) is 11.4. The summed E-state index contributed by atoms with van der Waals surface area (Å²) in [4.78, 5) is 13.4. The summed E-state index contributed by atoms with van der Waals surface area (Å²) in [6.07, 6.45) is 0. The zero-order valence-corrected chi connectivity index (χ0v) is 15.4. The smallest absolute Gasteiger partial charge is 0.406 e. The largest absolute Gasteiger partial charge is 0.417 e. The molecular formula is C11H14BrCl2N3O4S. The molecule has 0 spiro atoms. The van der Waals surface area contributed by atoms with Gasteiger partial charge < -0.3 is 9.73 Å². The lowest BCUT2D eigenvalue weighted by molar-refractivity contribution is 0.553. The predicted molar refractivity (Wildman–Crippen MR) is 90.5 cm³/mol. The highest BCUT2D eigenvalue weighted by molar-refractivity contribution is 9.10. The van der Waals surface area contributed by atoms with Crippen LogP contribution in [0.3, 0.4) is 0 Å². The van der Waals surface area contributed by atoms with E-state index < -0.39 is 15.8 Å². The van der Waals surface area contributed by atoms with Crippen molar-refractivity contribution in [3.8, 4) is 0 Å². The topological polar surface area (TPSA) is 104 Å². The van der Waals surface area contributed by atoms with Crippen molar-refractivity contribution >= 4 is 61.1 Å². The number of nitrogens with one attached hydrogen (secondary N) is 3. The summed E-state index contributed by atoms with van der Waals surface area (Å²) in [5.41, 5.74) is 0.334. The molecule has 2 aromatic rings. The van der Waals surface area contributed by atoms with Gasteiger partial charge in [-0.2, -0.15) is 0 Å². The van der Waals surface area contributed by atoms with Crippen LogP contribution >= 0.6 is 39.9 Å². The number of hydrogen-bond acceptors (Lipinski definition) is 5. The maximum atomic E-state index is 12.3. The van der Waals surface area contributed by atoms with Gasteiger partial charge in [-0.05, 0) is 28.5 Å². The van der Waals surface area contributed by atoms with Crippen LogP contribution in [0.2, 0.25) is 5.02 Å². The number of likely N-dealkylation sites (N-methyl/N-ethyl adjacent to an activating group) is 1. The van der Waals surface area contributed by atoms with Gasteiger partial charge in [-0.3, -0.25) is 4.98 Å². The fourth-order valence-electron chi connectivity index (χ4n) is 1.77. The number of H-pyrrole nitrogens is 1. The number of fused-ring (bicyclic) bond motifs is 1. The van der Waals surface area contributed by atoms with Gasteiger partial charge in [0.25, 0.3) is 0 Å². The number of rotatable bonds is 6. The van der Waals surface area contributed by atoms with Crippen molar-refractivity contribution in [1.82, 2.24) is 15.0 Å². The van der Waals surface area contributed by atoms with E-state index >= 15 is 0 Å². The first-order valence-electron chi connectivity index (χ1n) is 6.08. The van der Waals surface area contributed by atoms with E-state index in [1.807, 2.05) is 6.92 Å². The molecule has 0 radical (unpaired) electrons. The van der Waals surface area contributed by atoms with E-state index in [2.05, 4.69) is 31.0 Å². The molecule has 0 aliphatic heterocycles. The van der Waals surface area contributed by atoms with Crippen LogP contribution < -0.4 is 15.8 Å². The van der Waals surface area contributed by atoms with Gasteiger partial charge in [0.1, 0.15) is 9.92 Å².